The second-order valence-electron chi connectivity index (χ2n) is 20.9. The molecular formula is C55H86N2. The van der Waals surface area contributed by atoms with Crippen molar-refractivity contribution in [3.05, 3.63) is 84.0 Å². The molecule has 4 fully saturated rings. The number of hydrogen-bond acceptors (Lipinski definition) is 2. The summed E-state index contributed by atoms with van der Waals surface area (Å²) in [7, 11) is 0. The molecule has 2 unspecified atom stereocenters. The van der Waals surface area contributed by atoms with Gasteiger partial charge in [-0.05, 0) is 222 Å². The van der Waals surface area contributed by atoms with Crippen LogP contribution in [0.5, 0.6) is 0 Å². The van der Waals surface area contributed by atoms with Crippen LogP contribution in [0, 0.1) is 71.0 Å². The van der Waals surface area contributed by atoms with E-state index in [-0.39, 0.29) is 5.41 Å². The van der Waals surface area contributed by atoms with E-state index < -0.39 is 0 Å². The lowest BCUT2D eigenvalue weighted by molar-refractivity contribution is 0.0539. The van der Waals surface area contributed by atoms with Gasteiger partial charge in [-0.15, -0.1) is 0 Å². The second-order valence-corrected chi connectivity index (χ2v) is 20.9. The van der Waals surface area contributed by atoms with Crippen molar-refractivity contribution in [1.82, 2.24) is 0 Å². The molecule has 2 aromatic carbocycles. The summed E-state index contributed by atoms with van der Waals surface area (Å²) in [5.74, 6) is 9.27. The van der Waals surface area contributed by atoms with Gasteiger partial charge in [0, 0.05) is 16.8 Å². The third kappa shape index (κ3) is 11.0. The van der Waals surface area contributed by atoms with Crippen LogP contribution in [0.2, 0.25) is 0 Å². The molecule has 316 valence electrons. The lowest BCUT2D eigenvalue weighted by Crippen LogP contribution is -2.50. The third-order valence-electron chi connectivity index (χ3n) is 16.7. The summed E-state index contributed by atoms with van der Waals surface area (Å²) in [6, 6.07) is 18.6. The number of allylic oxidation sites excluding steroid dienone is 4. The van der Waals surface area contributed by atoms with Crippen molar-refractivity contribution in [1.29, 1.82) is 0 Å². The summed E-state index contributed by atoms with van der Waals surface area (Å²) in [5.41, 5.74) is 17.7. The van der Waals surface area contributed by atoms with Crippen LogP contribution in [0.3, 0.4) is 0 Å². The largest absolute Gasteiger partial charge is 0.399 e. The monoisotopic (exact) mass is 775 g/mol. The molecular weight excluding hydrogens is 689 g/mol. The molecule has 0 heterocycles. The number of benzene rings is 2. The maximum Gasteiger partial charge on any atom is 0.0314 e. The number of nitrogens with two attached hydrogens (primary N) is 2. The fourth-order valence-electron chi connectivity index (χ4n) is 13.2. The average Bonchev–Trinajstić information content (AvgIpc) is 3.23. The van der Waals surface area contributed by atoms with Crippen LogP contribution in [0.1, 0.15) is 181 Å². The second kappa shape index (κ2) is 21.2. The smallest absolute Gasteiger partial charge is 0.0314 e. The Morgan fingerprint density at radius 3 is 0.947 bits per heavy atom. The highest BCUT2D eigenvalue weighted by Crippen LogP contribution is 2.58. The highest BCUT2D eigenvalue weighted by atomic mass is 14.6. The Kier molecular flexibility index (Phi) is 16.4. The number of rotatable bonds is 16. The molecule has 2 heteroatoms. The number of nitrogen functional groups attached to an aromatic ring is 2. The summed E-state index contributed by atoms with van der Waals surface area (Å²) in [6.07, 6.45) is 37.8. The fraction of sp³-hybridized carbons (Fsp3) is 0.709. The number of anilines is 2. The van der Waals surface area contributed by atoms with Gasteiger partial charge in [0.15, 0.2) is 0 Å². The predicted octanol–water partition coefficient (Wildman–Crippen LogP) is 15.6. The van der Waals surface area contributed by atoms with Crippen molar-refractivity contribution >= 4 is 11.4 Å². The summed E-state index contributed by atoms with van der Waals surface area (Å²) >= 11 is 0. The Hall–Kier alpha value is -2.48. The first-order chi connectivity index (χ1) is 27.6. The normalized spacial score (nSPS) is 30.3. The standard InChI is InChI=1S/C55H86N2/c1-7-9-53(47-27-19-43(20-28-47)13-11-41-15-23-45(24-16-41)39(3)4)55(49-31-35-51(56)36-32-49,50-33-37-52(57)38-34-50)54(10-8-2)48-29-21-44(22-30-48)14-12-42-17-25-46(26-18-42)40(5)6/h11-14,31-48,53-54H,7-10,15-30,56-57H2,1-6H3/b13-11+,14-12+. The van der Waals surface area contributed by atoms with E-state index in [4.69, 9.17) is 11.5 Å². The maximum absolute atomic E-state index is 6.49. The Morgan fingerprint density at radius 1 is 0.439 bits per heavy atom. The van der Waals surface area contributed by atoms with Crippen LogP contribution in [0.25, 0.3) is 0 Å². The molecule has 0 saturated heterocycles. The van der Waals surface area contributed by atoms with Crippen LogP contribution in [0.4, 0.5) is 11.4 Å². The molecule has 4 saturated carbocycles. The van der Waals surface area contributed by atoms with Gasteiger partial charge in [-0.3, -0.25) is 0 Å². The lowest BCUT2D eigenvalue weighted by Gasteiger charge is -2.54. The van der Waals surface area contributed by atoms with Crippen LogP contribution >= 0.6 is 0 Å². The van der Waals surface area contributed by atoms with Gasteiger partial charge in [0.2, 0.25) is 0 Å². The fourth-order valence-corrected chi connectivity index (χ4v) is 13.2. The Bertz CT molecular complexity index is 1370. The zero-order chi connectivity index (χ0) is 40.4. The molecule has 0 amide bonds. The Balaban J connectivity index is 1.27. The molecule has 2 aromatic rings. The summed E-state index contributed by atoms with van der Waals surface area (Å²) in [4.78, 5) is 0. The summed E-state index contributed by atoms with van der Waals surface area (Å²) in [5, 5.41) is 0. The summed E-state index contributed by atoms with van der Waals surface area (Å²) < 4.78 is 0. The van der Waals surface area contributed by atoms with Crippen LogP contribution in [0.15, 0.2) is 72.8 Å². The molecule has 4 N–H and O–H groups in total. The van der Waals surface area contributed by atoms with Crippen LogP contribution in [-0.2, 0) is 5.41 Å². The van der Waals surface area contributed by atoms with Crippen LogP contribution in [-0.4, -0.2) is 0 Å². The highest BCUT2D eigenvalue weighted by molar-refractivity contribution is 5.50. The van der Waals surface area contributed by atoms with Gasteiger partial charge >= 0.3 is 0 Å². The third-order valence-corrected chi connectivity index (χ3v) is 16.7. The van der Waals surface area contributed by atoms with E-state index in [1.165, 1.54) is 140 Å². The topological polar surface area (TPSA) is 52.0 Å². The lowest BCUT2D eigenvalue weighted by atomic mass is 9.49. The predicted molar refractivity (Wildman–Crippen MR) is 249 cm³/mol. The average molecular weight is 775 g/mol. The van der Waals surface area contributed by atoms with Gasteiger partial charge < -0.3 is 11.5 Å². The van der Waals surface area contributed by atoms with E-state index in [0.29, 0.717) is 11.8 Å². The quantitative estimate of drug-likeness (QED) is 0.132. The van der Waals surface area contributed by atoms with Crippen molar-refractivity contribution in [3.63, 3.8) is 0 Å². The van der Waals surface area contributed by atoms with Gasteiger partial charge in [-0.1, -0.05) is 103 Å². The van der Waals surface area contributed by atoms with E-state index in [9.17, 15) is 0 Å². The van der Waals surface area contributed by atoms with Gasteiger partial charge in [0.05, 0.1) is 0 Å². The molecule has 6 rings (SSSR count). The van der Waals surface area contributed by atoms with Gasteiger partial charge in [-0.2, -0.15) is 0 Å². The molecule has 0 aliphatic heterocycles. The molecule has 4 aliphatic rings. The van der Waals surface area contributed by atoms with E-state index in [1.54, 1.807) is 0 Å². The number of hydrogen-bond donors (Lipinski definition) is 2. The van der Waals surface area contributed by atoms with Gasteiger partial charge in [0.25, 0.3) is 0 Å². The van der Waals surface area contributed by atoms with Gasteiger partial charge in [-0.25, -0.2) is 0 Å². The minimum absolute atomic E-state index is 0.0712. The van der Waals surface area contributed by atoms with E-state index in [2.05, 4.69) is 114 Å². The SMILES string of the molecule is CCCC(C1CCC(/C=C/C2CCC(C(C)C)CC2)CC1)C(c1ccc(N)cc1)(c1ccc(N)cc1)C(CCC)C1CCC(/C=C/C2CCC(C(C)C)CC2)CC1. The molecule has 0 radical (unpaired) electrons. The van der Waals surface area contributed by atoms with E-state index >= 15 is 0 Å². The molecule has 2 atom stereocenters. The Morgan fingerprint density at radius 2 is 0.702 bits per heavy atom. The Labute approximate surface area is 351 Å². The molecule has 57 heavy (non-hydrogen) atoms. The zero-order valence-corrected chi connectivity index (χ0v) is 37.7. The first-order valence-corrected chi connectivity index (χ1v) is 24.7. The van der Waals surface area contributed by atoms with E-state index in [0.717, 1.165) is 70.6 Å². The molecule has 0 bridgehead atoms. The van der Waals surface area contributed by atoms with Crippen molar-refractivity contribution in [2.24, 2.45) is 71.0 Å². The highest BCUT2D eigenvalue weighted by Gasteiger charge is 2.52. The van der Waals surface area contributed by atoms with E-state index in [1.807, 2.05) is 0 Å². The van der Waals surface area contributed by atoms with Crippen molar-refractivity contribution < 1.29 is 0 Å². The van der Waals surface area contributed by atoms with Crippen molar-refractivity contribution in [3.8, 4) is 0 Å². The molecule has 4 aliphatic carbocycles. The van der Waals surface area contributed by atoms with Crippen molar-refractivity contribution in [2.45, 2.75) is 175 Å². The first-order valence-electron chi connectivity index (χ1n) is 24.7. The van der Waals surface area contributed by atoms with Crippen LogP contribution < -0.4 is 11.5 Å². The minimum Gasteiger partial charge on any atom is -0.399 e. The molecule has 0 aromatic heterocycles. The minimum atomic E-state index is -0.0712. The zero-order valence-electron chi connectivity index (χ0n) is 37.7. The first kappa shape index (κ1) is 44.1. The van der Waals surface area contributed by atoms with Gasteiger partial charge in [0.1, 0.15) is 0 Å². The summed E-state index contributed by atoms with van der Waals surface area (Å²) in [6.45, 7) is 14.6. The molecule has 2 nitrogen and oxygen atoms in total. The molecule has 0 spiro atoms. The maximum atomic E-state index is 6.49. The van der Waals surface area contributed by atoms with Crippen molar-refractivity contribution in [2.75, 3.05) is 11.5 Å².